The molecule has 0 bridgehead atoms. The molecule has 2 aromatic carbocycles. The maximum absolute atomic E-state index is 10.6. The van der Waals surface area contributed by atoms with Gasteiger partial charge in [-0.1, -0.05) is 30.3 Å². The molecule has 0 radical (unpaired) electrons. The van der Waals surface area contributed by atoms with Crippen LogP contribution in [0.3, 0.4) is 0 Å². The summed E-state index contributed by atoms with van der Waals surface area (Å²) in [6.07, 6.45) is 3.84. The summed E-state index contributed by atoms with van der Waals surface area (Å²) in [6, 6.07) is 11.7. The first-order chi connectivity index (χ1) is 9.81. The Labute approximate surface area is 116 Å². The summed E-state index contributed by atoms with van der Waals surface area (Å²) in [6.45, 7) is 0. The van der Waals surface area contributed by atoms with Crippen molar-refractivity contribution in [1.29, 1.82) is 0 Å². The molecule has 1 heterocycles. The summed E-state index contributed by atoms with van der Waals surface area (Å²) in [5.74, 6) is 0.653. The van der Waals surface area contributed by atoms with Crippen LogP contribution in [0.1, 0.15) is 17.2 Å². The van der Waals surface area contributed by atoms with Crippen molar-refractivity contribution in [2.45, 2.75) is 6.10 Å². The number of aromatic nitrogens is 2. The van der Waals surface area contributed by atoms with E-state index in [0.717, 1.165) is 16.3 Å². The van der Waals surface area contributed by atoms with Crippen LogP contribution < -0.4 is 4.74 Å². The zero-order valence-electron chi connectivity index (χ0n) is 11.0. The van der Waals surface area contributed by atoms with Crippen molar-refractivity contribution in [1.82, 2.24) is 9.97 Å². The van der Waals surface area contributed by atoms with E-state index in [2.05, 4.69) is 9.97 Å². The lowest BCUT2D eigenvalue weighted by molar-refractivity contribution is 0.215. The standard InChI is InChI=1S/C16H14N2O2/c1-20-14-7-6-11-4-2-3-5-13(11)15(14)16(19)12-8-17-10-18-9-12/h2-10,16,19H,1H3. The zero-order chi connectivity index (χ0) is 13.9. The van der Waals surface area contributed by atoms with E-state index in [1.165, 1.54) is 6.33 Å². The first-order valence-corrected chi connectivity index (χ1v) is 6.30. The third kappa shape index (κ3) is 2.10. The summed E-state index contributed by atoms with van der Waals surface area (Å²) in [7, 11) is 1.60. The Balaban J connectivity index is 2.23. The van der Waals surface area contributed by atoms with E-state index in [-0.39, 0.29) is 0 Å². The van der Waals surface area contributed by atoms with E-state index in [4.69, 9.17) is 4.74 Å². The molecule has 0 amide bonds. The monoisotopic (exact) mass is 266 g/mol. The van der Waals surface area contributed by atoms with Crippen LogP contribution >= 0.6 is 0 Å². The predicted octanol–water partition coefficient (Wildman–Crippen LogP) is 2.72. The third-order valence-electron chi connectivity index (χ3n) is 3.32. The topological polar surface area (TPSA) is 55.2 Å². The molecule has 1 aromatic heterocycles. The number of hydrogen-bond acceptors (Lipinski definition) is 4. The first kappa shape index (κ1) is 12.6. The van der Waals surface area contributed by atoms with Crippen LogP contribution in [-0.4, -0.2) is 22.2 Å². The van der Waals surface area contributed by atoms with Gasteiger partial charge in [0.1, 0.15) is 18.2 Å². The van der Waals surface area contributed by atoms with Crippen molar-refractivity contribution in [3.8, 4) is 5.75 Å². The predicted molar refractivity (Wildman–Crippen MR) is 76.6 cm³/mol. The van der Waals surface area contributed by atoms with Crippen LogP contribution in [0.15, 0.2) is 55.1 Å². The van der Waals surface area contributed by atoms with E-state index >= 15 is 0 Å². The minimum atomic E-state index is -0.822. The highest BCUT2D eigenvalue weighted by molar-refractivity contribution is 5.88. The Hall–Kier alpha value is -2.46. The summed E-state index contributed by atoms with van der Waals surface area (Å²) >= 11 is 0. The maximum atomic E-state index is 10.6. The van der Waals surface area contributed by atoms with E-state index in [0.29, 0.717) is 11.3 Å². The number of nitrogens with zero attached hydrogens (tertiary/aromatic N) is 2. The van der Waals surface area contributed by atoms with Crippen LogP contribution in [0, 0.1) is 0 Å². The van der Waals surface area contributed by atoms with Gasteiger partial charge in [-0.2, -0.15) is 0 Å². The number of benzene rings is 2. The zero-order valence-corrected chi connectivity index (χ0v) is 11.0. The Morgan fingerprint density at radius 3 is 2.55 bits per heavy atom. The fraction of sp³-hybridized carbons (Fsp3) is 0.125. The van der Waals surface area contributed by atoms with Gasteiger partial charge in [-0.05, 0) is 16.8 Å². The Bertz CT molecular complexity index is 729. The molecule has 1 unspecified atom stereocenters. The van der Waals surface area contributed by atoms with E-state index in [9.17, 15) is 5.11 Å². The SMILES string of the molecule is COc1ccc2ccccc2c1C(O)c1cncnc1. The molecule has 20 heavy (non-hydrogen) atoms. The molecule has 0 saturated carbocycles. The van der Waals surface area contributed by atoms with Gasteiger partial charge in [0.05, 0.1) is 7.11 Å². The van der Waals surface area contributed by atoms with Crippen molar-refractivity contribution in [2.75, 3.05) is 7.11 Å². The lowest BCUT2D eigenvalue weighted by atomic mass is 9.96. The van der Waals surface area contributed by atoms with Crippen molar-refractivity contribution < 1.29 is 9.84 Å². The molecule has 0 saturated heterocycles. The van der Waals surface area contributed by atoms with Gasteiger partial charge in [0, 0.05) is 23.5 Å². The van der Waals surface area contributed by atoms with Crippen LogP contribution in [0.4, 0.5) is 0 Å². The van der Waals surface area contributed by atoms with E-state index in [1.807, 2.05) is 36.4 Å². The molecule has 0 aliphatic rings. The van der Waals surface area contributed by atoms with Crippen molar-refractivity contribution in [3.63, 3.8) is 0 Å². The molecule has 0 aliphatic carbocycles. The van der Waals surface area contributed by atoms with Crippen molar-refractivity contribution in [3.05, 3.63) is 66.2 Å². The fourth-order valence-corrected chi connectivity index (χ4v) is 2.35. The molecule has 4 heteroatoms. The number of fused-ring (bicyclic) bond motifs is 1. The molecular weight excluding hydrogens is 252 g/mol. The van der Waals surface area contributed by atoms with E-state index in [1.54, 1.807) is 19.5 Å². The third-order valence-corrected chi connectivity index (χ3v) is 3.32. The molecule has 3 aromatic rings. The average molecular weight is 266 g/mol. The number of aliphatic hydroxyl groups excluding tert-OH is 1. The molecular formula is C16H14N2O2. The molecule has 3 rings (SSSR count). The minimum absolute atomic E-state index is 0.641. The molecule has 0 fully saturated rings. The van der Waals surface area contributed by atoms with Gasteiger partial charge in [0.25, 0.3) is 0 Å². The van der Waals surface area contributed by atoms with Crippen LogP contribution in [0.25, 0.3) is 10.8 Å². The number of hydrogen-bond donors (Lipinski definition) is 1. The summed E-state index contributed by atoms with van der Waals surface area (Å²) < 4.78 is 5.40. The number of aliphatic hydroxyl groups is 1. The lowest BCUT2D eigenvalue weighted by Crippen LogP contribution is -2.04. The Morgan fingerprint density at radius 1 is 1.05 bits per heavy atom. The smallest absolute Gasteiger partial charge is 0.125 e. The molecule has 1 N–H and O–H groups in total. The number of rotatable bonds is 3. The summed E-state index contributed by atoms with van der Waals surface area (Å²) in [5, 5.41) is 12.7. The quantitative estimate of drug-likeness (QED) is 0.792. The maximum Gasteiger partial charge on any atom is 0.125 e. The second kappa shape index (κ2) is 5.27. The number of methoxy groups -OCH3 is 1. The van der Waals surface area contributed by atoms with Gasteiger partial charge < -0.3 is 9.84 Å². The molecule has 100 valence electrons. The largest absolute Gasteiger partial charge is 0.496 e. The van der Waals surface area contributed by atoms with Gasteiger partial charge >= 0.3 is 0 Å². The van der Waals surface area contributed by atoms with Gasteiger partial charge in [0.2, 0.25) is 0 Å². The van der Waals surface area contributed by atoms with Gasteiger partial charge in [0.15, 0.2) is 0 Å². The van der Waals surface area contributed by atoms with Crippen LogP contribution in [0.2, 0.25) is 0 Å². The second-order valence-corrected chi connectivity index (χ2v) is 4.48. The second-order valence-electron chi connectivity index (χ2n) is 4.48. The molecule has 0 aliphatic heterocycles. The van der Waals surface area contributed by atoms with Gasteiger partial charge in [-0.25, -0.2) is 9.97 Å². The highest BCUT2D eigenvalue weighted by Crippen LogP contribution is 2.35. The lowest BCUT2D eigenvalue weighted by Gasteiger charge is -2.17. The van der Waals surface area contributed by atoms with Crippen LogP contribution in [0.5, 0.6) is 5.75 Å². The van der Waals surface area contributed by atoms with Gasteiger partial charge in [-0.15, -0.1) is 0 Å². The van der Waals surface area contributed by atoms with Crippen molar-refractivity contribution >= 4 is 10.8 Å². The summed E-state index contributed by atoms with van der Waals surface area (Å²) in [5.41, 5.74) is 1.38. The van der Waals surface area contributed by atoms with Crippen LogP contribution in [-0.2, 0) is 0 Å². The molecule has 1 atom stereocenters. The number of ether oxygens (including phenoxy) is 1. The Kier molecular flexibility index (Phi) is 3.31. The average Bonchev–Trinajstić information content (AvgIpc) is 2.54. The molecule has 4 nitrogen and oxygen atoms in total. The Morgan fingerprint density at radius 2 is 1.80 bits per heavy atom. The highest BCUT2D eigenvalue weighted by atomic mass is 16.5. The normalized spacial score (nSPS) is 12.3. The van der Waals surface area contributed by atoms with Crippen molar-refractivity contribution in [2.24, 2.45) is 0 Å². The molecule has 0 spiro atoms. The fourth-order valence-electron chi connectivity index (χ4n) is 2.35. The van der Waals surface area contributed by atoms with Gasteiger partial charge in [-0.3, -0.25) is 0 Å². The summed E-state index contributed by atoms with van der Waals surface area (Å²) in [4.78, 5) is 7.91. The first-order valence-electron chi connectivity index (χ1n) is 6.30. The minimum Gasteiger partial charge on any atom is -0.496 e. The van der Waals surface area contributed by atoms with E-state index < -0.39 is 6.10 Å². The highest BCUT2D eigenvalue weighted by Gasteiger charge is 2.19.